The normalized spacial score (nSPS) is 30.8. The summed E-state index contributed by atoms with van der Waals surface area (Å²) in [7, 11) is 0. The molecule has 2 amide bonds. The van der Waals surface area contributed by atoms with E-state index in [9.17, 15) is 14.0 Å². The first kappa shape index (κ1) is 16.2. The predicted octanol–water partition coefficient (Wildman–Crippen LogP) is 2.05. The van der Waals surface area contributed by atoms with Crippen LogP contribution in [0.1, 0.15) is 5.76 Å². The lowest BCUT2D eigenvalue weighted by atomic mass is 9.77. The topological polar surface area (TPSA) is 84.7 Å². The SMILES string of the molecule is Cc1cc(N2C[C@]34C=C[C@@H](O3)[C@@H](C(=O)Nc3cccc(F)c3)[C@H]4C2=O)no1. The fourth-order valence-corrected chi connectivity index (χ4v) is 4.26. The maximum absolute atomic E-state index is 13.4. The fourth-order valence-electron chi connectivity index (χ4n) is 4.26. The van der Waals surface area contributed by atoms with Gasteiger partial charge < -0.3 is 14.6 Å². The Morgan fingerprint density at radius 3 is 3.00 bits per heavy atom. The average Bonchev–Trinajstić information content (AvgIpc) is 3.36. The molecule has 138 valence electrons. The van der Waals surface area contributed by atoms with Crippen molar-refractivity contribution in [2.45, 2.75) is 18.6 Å². The highest BCUT2D eigenvalue weighted by Crippen LogP contribution is 2.52. The molecule has 1 N–H and O–H groups in total. The van der Waals surface area contributed by atoms with Crippen molar-refractivity contribution in [2.75, 3.05) is 16.8 Å². The van der Waals surface area contributed by atoms with E-state index in [-0.39, 0.29) is 18.4 Å². The molecule has 4 heterocycles. The molecule has 2 bridgehead atoms. The number of amides is 2. The van der Waals surface area contributed by atoms with Gasteiger partial charge in [0.2, 0.25) is 11.8 Å². The van der Waals surface area contributed by atoms with Gasteiger partial charge in [-0.3, -0.25) is 14.5 Å². The predicted molar refractivity (Wildman–Crippen MR) is 92.3 cm³/mol. The van der Waals surface area contributed by atoms with Crippen molar-refractivity contribution in [3.8, 4) is 0 Å². The van der Waals surface area contributed by atoms with Gasteiger partial charge in [-0.1, -0.05) is 23.4 Å². The summed E-state index contributed by atoms with van der Waals surface area (Å²) in [6, 6.07) is 7.32. The molecule has 1 aromatic carbocycles. The summed E-state index contributed by atoms with van der Waals surface area (Å²) < 4.78 is 24.5. The highest BCUT2D eigenvalue weighted by Gasteiger charge is 2.67. The zero-order valence-electron chi connectivity index (χ0n) is 14.4. The van der Waals surface area contributed by atoms with Gasteiger partial charge in [0.05, 0.1) is 24.5 Å². The number of benzene rings is 1. The van der Waals surface area contributed by atoms with Crippen LogP contribution >= 0.6 is 0 Å². The lowest BCUT2D eigenvalue weighted by molar-refractivity contribution is -0.128. The molecule has 1 spiro atoms. The van der Waals surface area contributed by atoms with Crippen LogP contribution in [0, 0.1) is 24.6 Å². The van der Waals surface area contributed by atoms with Crippen LogP contribution in [-0.4, -0.2) is 35.2 Å². The van der Waals surface area contributed by atoms with E-state index >= 15 is 0 Å². The van der Waals surface area contributed by atoms with E-state index in [0.717, 1.165) is 0 Å². The quantitative estimate of drug-likeness (QED) is 0.837. The number of ether oxygens (including phenoxy) is 1. The van der Waals surface area contributed by atoms with Crippen LogP contribution in [0.25, 0.3) is 0 Å². The van der Waals surface area contributed by atoms with E-state index in [2.05, 4.69) is 10.5 Å². The Morgan fingerprint density at radius 1 is 1.41 bits per heavy atom. The van der Waals surface area contributed by atoms with Crippen molar-refractivity contribution in [2.24, 2.45) is 11.8 Å². The first-order chi connectivity index (χ1) is 13.0. The van der Waals surface area contributed by atoms with E-state index < -0.39 is 29.4 Å². The fraction of sp³-hybridized carbons (Fsp3) is 0.316. The number of hydrogen-bond donors (Lipinski definition) is 1. The minimum atomic E-state index is -0.849. The Balaban J connectivity index is 1.44. The summed E-state index contributed by atoms with van der Waals surface area (Å²) >= 11 is 0. The van der Waals surface area contributed by atoms with E-state index in [1.54, 1.807) is 19.1 Å². The number of hydrogen-bond acceptors (Lipinski definition) is 5. The number of nitrogens with zero attached hydrogens (tertiary/aromatic N) is 2. The molecule has 0 saturated carbocycles. The lowest BCUT2D eigenvalue weighted by Gasteiger charge is -2.23. The van der Waals surface area contributed by atoms with Crippen LogP contribution in [0.5, 0.6) is 0 Å². The Labute approximate surface area is 153 Å². The number of fused-ring (bicyclic) bond motifs is 1. The van der Waals surface area contributed by atoms with Gasteiger partial charge in [-0.25, -0.2) is 4.39 Å². The molecule has 27 heavy (non-hydrogen) atoms. The number of carbonyl (C=O) groups excluding carboxylic acids is 2. The molecule has 0 radical (unpaired) electrons. The molecule has 5 rings (SSSR count). The summed E-state index contributed by atoms with van der Waals surface area (Å²) in [5, 5.41) is 6.61. The molecule has 8 heteroatoms. The molecule has 2 aromatic rings. The maximum atomic E-state index is 13.4. The molecule has 7 nitrogen and oxygen atoms in total. The zero-order chi connectivity index (χ0) is 18.8. The lowest BCUT2D eigenvalue weighted by Crippen LogP contribution is -2.41. The molecule has 0 unspecified atom stereocenters. The molecule has 0 aliphatic carbocycles. The van der Waals surface area contributed by atoms with Crippen molar-refractivity contribution in [1.29, 1.82) is 0 Å². The summed E-state index contributed by atoms with van der Waals surface area (Å²) in [6.45, 7) is 2.02. The van der Waals surface area contributed by atoms with Crippen molar-refractivity contribution >= 4 is 23.3 Å². The first-order valence-corrected chi connectivity index (χ1v) is 8.65. The van der Waals surface area contributed by atoms with E-state index in [1.807, 2.05) is 12.2 Å². The van der Waals surface area contributed by atoms with E-state index in [1.165, 1.54) is 23.1 Å². The van der Waals surface area contributed by atoms with E-state index in [4.69, 9.17) is 9.26 Å². The Kier molecular flexibility index (Phi) is 3.30. The van der Waals surface area contributed by atoms with Crippen molar-refractivity contribution in [3.05, 3.63) is 54.1 Å². The van der Waals surface area contributed by atoms with Gasteiger partial charge in [0.1, 0.15) is 17.2 Å². The van der Waals surface area contributed by atoms with Crippen LogP contribution in [0.3, 0.4) is 0 Å². The summed E-state index contributed by atoms with van der Waals surface area (Å²) in [5.41, 5.74) is -0.506. The van der Waals surface area contributed by atoms with Crippen molar-refractivity contribution in [3.63, 3.8) is 0 Å². The Morgan fingerprint density at radius 2 is 2.26 bits per heavy atom. The number of nitrogens with one attached hydrogen (secondary N) is 1. The number of aromatic nitrogens is 1. The summed E-state index contributed by atoms with van der Waals surface area (Å²) in [6.07, 6.45) is 3.20. The van der Waals surface area contributed by atoms with E-state index in [0.29, 0.717) is 17.3 Å². The smallest absolute Gasteiger partial charge is 0.235 e. The van der Waals surface area contributed by atoms with Crippen LogP contribution in [0.15, 0.2) is 47.0 Å². The van der Waals surface area contributed by atoms with Gasteiger partial charge in [0, 0.05) is 11.8 Å². The van der Waals surface area contributed by atoms with Crippen LogP contribution in [0.2, 0.25) is 0 Å². The van der Waals surface area contributed by atoms with Crippen LogP contribution in [0.4, 0.5) is 15.9 Å². The second-order valence-electron chi connectivity index (χ2n) is 7.12. The van der Waals surface area contributed by atoms with Crippen LogP contribution < -0.4 is 10.2 Å². The molecule has 4 atom stereocenters. The largest absolute Gasteiger partial charge is 0.360 e. The third kappa shape index (κ3) is 2.33. The molecule has 3 aliphatic heterocycles. The van der Waals surface area contributed by atoms with Crippen molar-refractivity contribution in [1.82, 2.24) is 5.16 Å². The standard InChI is InChI=1S/C19H16FN3O4/c1-10-7-14(22-27-10)23-9-19-6-5-13(26-19)15(16(19)18(23)25)17(24)21-12-4-2-3-11(20)8-12/h2-8,13,15-16H,9H2,1H3,(H,21,24)/t13-,15-,16+,19+/m1/s1. The molecule has 2 fully saturated rings. The van der Waals surface area contributed by atoms with Crippen molar-refractivity contribution < 1.29 is 23.2 Å². The second-order valence-corrected chi connectivity index (χ2v) is 7.12. The Hall–Kier alpha value is -3.00. The molecule has 1 aromatic heterocycles. The molecule has 2 saturated heterocycles. The minimum Gasteiger partial charge on any atom is -0.360 e. The third-order valence-electron chi connectivity index (χ3n) is 5.39. The molecule has 3 aliphatic rings. The minimum absolute atomic E-state index is 0.227. The molecular weight excluding hydrogens is 353 g/mol. The number of carbonyl (C=O) groups is 2. The second kappa shape index (κ2) is 5.50. The monoisotopic (exact) mass is 369 g/mol. The first-order valence-electron chi connectivity index (χ1n) is 8.65. The Bertz CT molecular complexity index is 987. The van der Waals surface area contributed by atoms with Crippen LogP contribution in [-0.2, 0) is 14.3 Å². The van der Waals surface area contributed by atoms with Gasteiger partial charge in [-0.05, 0) is 25.1 Å². The number of anilines is 2. The highest BCUT2D eigenvalue weighted by atomic mass is 19.1. The van der Waals surface area contributed by atoms with Gasteiger partial charge >= 0.3 is 0 Å². The number of rotatable bonds is 3. The zero-order valence-corrected chi connectivity index (χ0v) is 14.4. The number of halogens is 1. The summed E-state index contributed by atoms with van der Waals surface area (Å²) in [4.78, 5) is 27.5. The highest BCUT2D eigenvalue weighted by molar-refractivity contribution is 6.05. The maximum Gasteiger partial charge on any atom is 0.235 e. The van der Waals surface area contributed by atoms with Gasteiger partial charge in [-0.15, -0.1) is 0 Å². The average molecular weight is 369 g/mol. The van der Waals surface area contributed by atoms with Gasteiger partial charge in [0.15, 0.2) is 5.82 Å². The molecular formula is C19H16FN3O4. The summed E-state index contributed by atoms with van der Waals surface area (Å²) in [5.74, 6) is -1.39. The number of aryl methyl sites for hydroxylation is 1. The third-order valence-corrected chi connectivity index (χ3v) is 5.39. The van der Waals surface area contributed by atoms with Gasteiger partial charge in [0.25, 0.3) is 0 Å². The van der Waals surface area contributed by atoms with Gasteiger partial charge in [-0.2, -0.15) is 0 Å².